The van der Waals surface area contributed by atoms with Crippen LogP contribution in [-0.4, -0.2) is 15.1 Å². The second kappa shape index (κ2) is 5.87. The van der Waals surface area contributed by atoms with E-state index < -0.39 is 8.32 Å². The second-order valence-electron chi connectivity index (χ2n) is 6.18. The Morgan fingerprint density at radius 3 is 2.53 bits per heavy atom. The fraction of sp³-hybridized carbons (Fsp3) is 0.714. The predicted molar refractivity (Wildman–Crippen MR) is 75.3 cm³/mol. The molecule has 0 aromatic carbocycles. The summed E-state index contributed by atoms with van der Waals surface area (Å²) in [6.45, 7) is 11.6. The van der Waals surface area contributed by atoms with E-state index in [0.29, 0.717) is 6.79 Å². The lowest BCUT2D eigenvalue weighted by molar-refractivity contribution is 0.0669. The summed E-state index contributed by atoms with van der Waals surface area (Å²) in [4.78, 5) is 0. The van der Waals surface area contributed by atoms with Crippen LogP contribution in [0.25, 0.3) is 0 Å². The molecule has 3 heteroatoms. The maximum Gasteiger partial charge on any atom is 0.196 e. The Kier molecular flexibility index (Phi) is 5.01. The second-order valence-corrected chi connectivity index (χ2v) is 11.0. The molecule has 0 radical (unpaired) electrons. The van der Waals surface area contributed by atoms with Gasteiger partial charge in [0, 0.05) is 0 Å². The van der Waals surface area contributed by atoms with E-state index in [1.807, 2.05) is 6.26 Å². The van der Waals surface area contributed by atoms with Gasteiger partial charge in [-0.05, 0) is 43.0 Å². The molecule has 1 aliphatic carbocycles. The van der Waals surface area contributed by atoms with Crippen LogP contribution in [0.4, 0.5) is 0 Å². The van der Waals surface area contributed by atoms with Gasteiger partial charge in [0.15, 0.2) is 15.1 Å². The largest absolute Gasteiger partial charge is 0.476 e. The molecule has 1 aliphatic rings. The molecule has 0 atom stereocenters. The Morgan fingerprint density at radius 1 is 1.29 bits per heavy atom. The fourth-order valence-electron chi connectivity index (χ4n) is 1.38. The third kappa shape index (κ3) is 4.68. The van der Waals surface area contributed by atoms with E-state index in [9.17, 15) is 0 Å². The average Bonchev–Trinajstić information content (AvgIpc) is 2.24. The third-order valence-electron chi connectivity index (χ3n) is 3.72. The summed E-state index contributed by atoms with van der Waals surface area (Å²) in [5.41, 5.74) is 1.37. The van der Waals surface area contributed by atoms with E-state index in [1.165, 1.54) is 5.57 Å². The Morgan fingerprint density at radius 2 is 2.00 bits per heavy atom. The summed E-state index contributed by atoms with van der Waals surface area (Å²) >= 11 is 0. The van der Waals surface area contributed by atoms with Crippen molar-refractivity contribution in [3.05, 3.63) is 24.0 Å². The third-order valence-corrected chi connectivity index (χ3v) is 8.17. The number of rotatable bonds is 4. The number of hydrogen-bond donors (Lipinski definition) is 0. The summed E-state index contributed by atoms with van der Waals surface area (Å²) in [5, 5.41) is 0.247. The molecule has 0 heterocycles. The van der Waals surface area contributed by atoms with Crippen molar-refractivity contribution in [3.8, 4) is 0 Å². The van der Waals surface area contributed by atoms with Crippen LogP contribution >= 0.6 is 0 Å². The standard InChI is InChI=1S/C14H26O2Si/c1-14(2,3)17(4,5)16-12-15-11-13-9-7-6-8-10-13/h6-7,11H,8-10,12H2,1-5H3/b13-11-. The summed E-state index contributed by atoms with van der Waals surface area (Å²) in [5.74, 6) is 0. The molecular weight excluding hydrogens is 228 g/mol. The van der Waals surface area contributed by atoms with Crippen LogP contribution < -0.4 is 0 Å². The predicted octanol–water partition coefficient (Wildman–Crippen LogP) is 4.61. The van der Waals surface area contributed by atoms with Gasteiger partial charge in [0.25, 0.3) is 0 Å². The van der Waals surface area contributed by atoms with Gasteiger partial charge in [0.1, 0.15) is 0 Å². The Labute approximate surface area is 107 Å². The molecule has 0 unspecified atom stereocenters. The molecule has 0 saturated carbocycles. The van der Waals surface area contributed by atoms with Crippen molar-refractivity contribution in [2.75, 3.05) is 6.79 Å². The molecule has 0 saturated heterocycles. The molecule has 0 aliphatic heterocycles. The molecule has 2 nitrogen and oxygen atoms in total. The van der Waals surface area contributed by atoms with Crippen molar-refractivity contribution in [3.63, 3.8) is 0 Å². The SMILES string of the molecule is CC(C)(C)[Si](C)(C)OCO/C=C1/CC=CCC1. The van der Waals surface area contributed by atoms with Gasteiger partial charge < -0.3 is 9.16 Å². The highest BCUT2D eigenvalue weighted by atomic mass is 28.4. The first kappa shape index (κ1) is 14.5. The molecule has 1 rings (SSSR count). The molecule has 0 N–H and O–H groups in total. The zero-order chi connectivity index (χ0) is 12.9. The maximum absolute atomic E-state index is 5.94. The van der Waals surface area contributed by atoms with Crippen LogP contribution in [0.2, 0.25) is 18.1 Å². The van der Waals surface area contributed by atoms with Crippen LogP contribution in [-0.2, 0) is 9.16 Å². The topological polar surface area (TPSA) is 18.5 Å². The van der Waals surface area contributed by atoms with E-state index in [2.05, 4.69) is 46.0 Å². The maximum atomic E-state index is 5.94. The normalized spacial score (nSPS) is 19.7. The van der Waals surface area contributed by atoms with Crippen molar-refractivity contribution in [1.29, 1.82) is 0 Å². The van der Waals surface area contributed by atoms with Crippen LogP contribution in [0.1, 0.15) is 40.0 Å². The lowest BCUT2D eigenvalue weighted by atomic mass is 10.0. The molecule has 0 spiro atoms. The molecule has 0 aromatic rings. The molecule has 17 heavy (non-hydrogen) atoms. The molecule has 0 fully saturated rings. The van der Waals surface area contributed by atoms with Crippen LogP contribution in [0, 0.1) is 0 Å². The van der Waals surface area contributed by atoms with Gasteiger partial charge in [-0.1, -0.05) is 32.9 Å². The highest BCUT2D eigenvalue weighted by molar-refractivity contribution is 6.74. The average molecular weight is 254 g/mol. The van der Waals surface area contributed by atoms with E-state index in [4.69, 9.17) is 9.16 Å². The lowest BCUT2D eigenvalue weighted by Crippen LogP contribution is -2.41. The smallest absolute Gasteiger partial charge is 0.196 e. The van der Waals surface area contributed by atoms with Gasteiger partial charge in [0.2, 0.25) is 0 Å². The van der Waals surface area contributed by atoms with E-state index >= 15 is 0 Å². The minimum Gasteiger partial charge on any atom is -0.476 e. The summed E-state index contributed by atoms with van der Waals surface area (Å²) < 4.78 is 11.5. The van der Waals surface area contributed by atoms with Crippen LogP contribution in [0.5, 0.6) is 0 Å². The fourth-order valence-corrected chi connectivity index (χ4v) is 2.18. The minimum atomic E-state index is -1.66. The van der Waals surface area contributed by atoms with Gasteiger partial charge in [0.05, 0.1) is 6.26 Å². The first-order chi connectivity index (χ1) is 7.83. The van der Waals surface area contributed by atoms with E-state index in [-0.39, 0.29) is 5.04 Å². The number of hydrogen-bond acceptors (Lipinski definition) is 2. The monoisotopic (exact) mass is 254 g/mol. The summed E-state index contributed by atoms with van der Waals surface area (Å²) in [7, 11) is -1.66. The zero-order valence-corrected chi connectivity index (χ0v) is 12.9. The first-order valence-electron chi connectivity index (χ1n) is 6.41. The molecule has 0 amide bonds. The number of ether oxygens (including phenoxy) is 1. The number of allylic oxidation sites excluding steroid dienone is 3. The molecular formula is C14H26O2Si. The highest BCUT2D eigenvalue weighted by Crippen LogP contribution is 2.36. The highest BCUT2D eigenvalue weighted by Gasteiger charge is 2.37. The lowest BCUT2D eigenvalue weighted by Gasteiger charge is -2.35. The Bertz CT molecular complexity index is 298. The molecule has 0 bridgehead atoms. The van der Waals surface area contributed by atoms with E-state index in [0.717, 1.165) is 19.3 Å². The minimum absolute atomic E-state index is 0.247. The molecule has 98 valence electrons. The van der Waals surface area contributed by atoms with E-state index in [1.54, 1.807) is 0 Å². The zero-order valence-electron chi connectivity index (χ0n) is 11.9. The van der Waals surface area contributed by atoms with Crippen LogP contribution in [0.3, 0.4) is 0 Å². The Hall–Kier alpha value is -0.543. The Balaban J connectivity index is 2.31. The van der Waals surface area contributed by atoms with Gasteiger partial charge in [-0.15, -0.1) is 0 Å². The van der Waals surface area contributed by atoms with Gasteiger partial charge in [-0.25, -0.2) is 0 Å². The van der Waals surface area contributed by atoms with Crippen molar-refractivity contribution in [2.45, 2.75) is 58.2 Å². The van der Waals surface area contributed by atoms with Crippen molar-refractivity contribution < 1.29 is 9.16 Å². The van der Waals surface area contributed by atoms with Crippen molar-refractivity contribution >= 4 is 8.32 Å². The van der Waals surface area contributed by atoms with Gasteiger partial charge in [-0.2, -0.15) is 0 Å². The van der Waals surface area contributed by atoms with Gasteiger partial charge >= 0.3 is 0 Å². The molecule has 0 aromatic heterocycles. The van der Waals surface area contributed by atoms with Crippen molar-refractivity contribution in [2.24, 2.45) is 0 Å². The van der Waals surface area contributed by atoms with Crippen LogP contribution in [0.15, 0.2) is 24.0 Å². The van der Waals surface area contributed by atoms with Gasteiger partial charge in [-0.3, -0.25) is 0 Å². The quantitative estimate of drug-likeness (QED) is 0.240. The summed E-state index contributed by atoms with van der Waals surface area (Å²) in [6, 6.07) is 0. The van der Waals surface area contributed by atoms with Crippen molar-refractivity contribution in [1.82, 2.24) is 0 Å². The summed E-state index contributed by atoms with van der Waals surface area (Å²) in [6.07, 6.45) is 9.60. The first-order valence-corrected chi connectivity index (χ1v) is 9.32.